The largest absolute Gasteiger partial charge is 0.327 e. The van der Waals surface area contributed by atoms with Crippen LogP contribution in [0.5, 0.6) is 0 Å². The average molecular weight is 314 g/mol. The Kier molecular flexibility index (Phi) is 3.54. The van der Waals surface area contributed by atoms with Gasteiger partial charge in [0.05, 0.1) is 11.4 Å². The van der Waals surface area contributed by atoms with Crippen molar-refractivity contribution in [1.29, 1.82) is 0 Å². The van der Waals surface area contributed by atoms with E-state index < -0.39 is 0 Å². The van der Waals surface area contributed by atoms with Crippen molar-refractivity contribution in [3.8, 4) is 0 Å². The molecule has 0 radical (unpaired) electrons. The lowest BCUT2D eigenvalue weighted by atomic mass is 9.84. The highest BCUT2D eigenvalue weighted by atomic mass is 16.2. The van der Waals surface area contributed by atoms with Crippen LogP contribution in [0.1, 0.15) is 43.5 Å². The van der Waals surface area contributed by atoms with Gasteiger partial charge in [-0.05, 0) is 32.1 Å². The maximum absolute atomic E-state index is 12.8. The minimum Gasteiger partial charge on any atom is -0.309 e. The van der Waals surface area contributed by atoms with E-state index in [0.717, 1.165) is 30.7 Å². The predicted octanol–water partition coefficient (Wildman–Crippen LogP) is 1.92. The summed E-state index contributed by atoms with van der Waals surface area (Å²) in [6.07, 6.45) is 9.37. The first kappa shape index (κ1) is 14.6. The first-order valence-corrected chi connectivity index (χ1v) is 8.57. The Morgan fingerprint density at radius 1 is 1.17 bits per heavy atom. The molecule has 122 valence electrons. The first-order chi connectivity index (χ1) is 11.2. The average Bonchev–Trinajstić information content (AvgIpc) is 3.05. The number of aromatic nitrogens is 2. The fourth-order valence-electron chi connectivity index (χ4n) is 4.47. The van der Waals surface area contributed by atoms with Crippen LogP contribution >= 0.6 is 0 Å². The Morgan fingerprint density at radius 2 is 1.96 bits per heavy atom. The topological polar surface area (TPSA) is 66.4 Å². The van der Waals surface area contributed by atoms with Crippen LogP contribution < -0.4 is 0 Å². The smallest absolute Gasteiger partial charge is 0.309 e. The molecule has 23 heavy (non-hydrogen) atoms. The Morgan fingerprint density at radius 3 is 2.78 bits per heavy atom. The number of aryl methyl sites for hydroxylation is 1. The maximum Gasteiger partial charge on any atom is 0.327 e. The number of imide groups is 1. The quantitative estimate of drug-likeness (QED) is 0.800. The summed E-state index contributed by atoms with van der Waals surface area (Å²) in [5.74, 6) is 0.525. The molecule has 3 amide bonds. The zero-order valence-corrected chi connectivity index (χ0v) is 13.4. The monoisotopic (exact) mass is 314 g/mol. The summed E-state index contributed by atoms with van der Waals surface area (Å²) in [5, 5.41) is 0. The lowest BCUT2D eigenvalue weighted by molar-refractivity contribution is -0.128. The van der Waals surface area contributed by atoms with E-state index in [2.05, 4.69) is 9.97 Å². The van der Waals surface area contributed by atoms with E-state index in [0.29, 0.717) is 18.9 Å². The maximum atomic E-state index is 12.8. The highest BCUT2D eigenvalue weighted by molar-refractivity contribution is 6.04. The third-order valence-electron chi connectivity index (χ3n) is 5.65. The van der Waals surface area contributed by atoms with Gasteiger partial charge in [-0.2, -0.15) is 0 Å². The number of rotatable bonds is 3. The van der Waals surface area contributed by atoms with Crippen molar-refractivity contribution in [2.45, 2.75) is 57.5 Å². The van der Waals surface area contributed by atoms with Gasteiger partial charge < -0.3 is 4.90 Å². The lowest BCUT2D eigenvalue weighted by Crippen LogP contribution is -2.41. The summed E-state index contributed by atoms with van der Waals surface area (Å²) < 4.78 is 0. The van der Waals surface area contributed by atoms with Crippen LogP contribution in [0.15, 0.2) is 12.4 Å². The van der Waals surface area contributed by atoms with Gasteiger partial charge in [0, 0.05) is 31.4 Å². The van der Waals surface area contributed by atoms with Gasteiger partial charge in [-0.15, -0.1) is 0 Å². The molecule has 0 N–H and O–H groups in total. The number of carbonyl (C=O) groups excluding carboxylic acids is 2. The molecule has 3 heterocycles. The predicted molar refractivity (Wildman–Crippen MR) is 83.6 cm³/mol. The molecule has 2 aliphatic heterocycles. The molecule has 0 spiro atoms. The highest BCUT2D eigenvalue weighted by Gasteiger charge is 2.55. The molecule has 0 aromatic carbocycles. The second-order valence-corrected chi connectivity index (χ2v) is 6.88. The molecular weight excluding hydrogens is 292 g/mol. The summed E-state index contributed by atoms with van der Waals surface area (Å²) in [5.41, 5.74) is 1.72. The molecule has 3 atom stereocenters. The van der Waals surface area contributed by atoms with Gasteiger partial charge >= 0.3 is 6.03 Å². The van der Waals surface area contributed by atoms with Gasteiger partial charge in [0.15, 0.2) is 0 Å². The van der Waals surface area contributed by atoms with Crippen LogP contribution in [-0.4, -0.2) is 50.3 Å². The molecular formula is C17H22N4O2. The molecule has 2 saturated heterocycles. The van der Waals surface area contributed by atoms with Gasteiger partial charge in [-0.25, -0.2) is 4.79 Å². The molecule has 1 aromatic heterocycles. The van der Waals surface area contributed by atoms with Crippen LogP contribution in [0.3, 0.4) is 0 Å². The van der Waals surface area contributed by atoms with Gasteiger partial charge in [0.1, 0.15) is 6.04 Å². The summed E-state index contributed by atoms with van der Waals surface area (Å²) in [6.45, 7) is 2.31. The third kappa shape index (κ3) is 2.31. The van der Waals surface area contributed by atoms with E-state index in [-0.39, 0.29) is 24.0 Å². The zero-order chi connectivity index (χ0) is 16.0. The minimum atomic E-state index is -0.210. The fraction of sp³-hybridized carbons (Fsp3) is 0.647. The Hall–Kier alpha value is -1.98. The van der Waals surface area contributed by atoms with Gasteiger partial charge in [-0.3, -0.25) is 19.7 Å². The molecule has 3 unspecified atom stereocenters. The van der Waals surface area contributed by atoms with Crippen molar-refractivity contribution in [3.05, 3.63) is 23.8 Å². The SMILES string of the molecule is Cc1nccnc1CCN1C(=O)C2CC3CCCCC3N2C1=O. The third-order valence-corrected chi connectivity index (χ3v) is 5.65. The highest BCUT2D eigenvalue weighted by Crippen LogP contribution is 2.43. The lowest BCUT2D eigenvalue weighted by Gasteiger charge is -2.31. The molecule has 6 heteroatoms. The molecule has 3 aliphatic rings. The normalized spacial score (nSPS) is 29.9. The minimum absolute atomic E-state index is 0.00839. The van der Waals surface area contributed by atoms with E-state index in [9.17, 15) is 9.59 Å². The van der Waals surface area contributed by atoms with E-state index >= 15 is 0 Å². The second-order valence-electron chi connectivity index (χ2n) is 6.88. The molecule has 4 rings (SSSR count). The Labute approximate surface area is 135 Å². The van der Waals surface area contributed by atoms with Crippen molar-refractivity contribution in [2.24, 2.45) is 5.92 Å². The van der Waals surface area contributed by atoms with Crippen LogP contribution in [0, 0.1) is 12.8 Å². The zero-order valence-electron chi connectivity index (χ0n) is 13.4. The number of fused-ring (bicyclic) bond motifs is 3. The van der Waals surface area contributed by atoms with Crippen molar-refractivity contribution in [3.63, 3.8) is 0 Å². The number of nitrogens with zero attached hydrogens (tertiary/aromatic N) is 4. The van der Waals surface area contributed by atoms with Crippen LogP contribution in [0.25, 0.3) is 0 Å². The van der Waals surface area contributed by atoms with E-state index in [1.165, 1.54) is 17.7 Å². The molecule has 1 saturated carbocycles. The van der Waals surface area contributed by atoms with Gasteiger partial charge in [-0.1, -0.05) is 12.8 Å². The first-order valence-electron chi connectivity index (χ1n) is 8.57. The fourth-order valence-corrected chi connectivity index (χ4v) is 4.47. The number of hydrogen-bond donors (Lipinski definition) is 0. The summed E-state index contributed by atoms with van der Waals surface area (Å²) in [7, 11) is 0. The number of amides is 3. The van der Waals surface area contributed by atoms with E-state index in [1.54, 1.807) is 12.4 Å². The summed E-state index contributed by atoms with van der Waals surface area (Å²) in [4.78, 5) is 37.3. The van der Waals surface area contributed by atoms with E-state index in [4.69, 9.17) is 0 Å². The van der Waals surface area contributed by atoms with Gasteiger partial charge in [0.2, 0.25) is 0 Å². The number of urea groups is 1. The molecule has 0 bridgehead atoms. The summed E-state index contributed by atoms with van der Waals surface area (Å²) >= 11 is 0. The Balaban J connectivity index is 1.48. The standard InChI is InChI=1S/C17H22N4O2/c1-11-13(19-8-7-18-11)6-9-20-16(22)15-10-12-4-2-3-5-14(12)21(15)17(20)23/h7-8,12,14-15H,2-6,9-10H2,1H3. The summed E-state index contributed by atoms with van der Waals surface area (Å²) in [6, 6.07) is -0.0112. The van der Waals surface area contributed by atoms with Crippen LogP contribution in [0.2, 0.25) is 0 Å². The van der Waals surface area contributed by atoms with Crippen LogP contribution in [-0.2, 0) is 11.2 Å². The van der Waals surface area contributed by atoms with Crippen molar-refractivity contribution in [2.75, 3.05) is 6.54 Å². The van der Waals surface area contributed by atoms with E-state index in [1.807, 2.05) is 11.8 Å². The Bertz CT molecular complexity index is 647. The number of carbonyl (C=O) groups is 2. The molecule has 1 aromatic rings. The molecule has 1 aliphatic carbocycles. The van der Waals surface area contributed by atoms with Crippen molar-refractivity contribution < 1.29 is 9.59 Å². The molecule has 6 nitrogen and oxygen atoms in total. The number of hydrogen-bond acceptors (Lipinski definition) is 4. The van der Waals surface area contributed by atoms with Gasteiger partial charge in [0.25, 0.3) is 5.91 Å². The van der Waals surface area contributed by atoms with Crippen molar-refractivity contribution in [1.82, 2.24) is 19.8 Å². The van der Waals surface area contributed by atoms with Crippen LogP contribution in [0.4, 0.5) is 4.79 Å². The van der Waals surface area contributed by atoms with Crippen molar-refractivity contribution >= 4 is 11.9 Å². The molecule has 3 fully saturated rings. The second kappa shape index (κ2) is 5.58.